The number of rotatable bonds is 6. The smallest absolute Gasteiger partial charge is 0.371 e. The van der Waals surface area contributed by atoms with Gasteiger partial charge in [0, 0.05) is 12.1 Å². The zero-order valence-corrected chi connectivity index (χ0v) is 11.4. The number of sulfone groups is 1. The van der Waals surface area contributed by atoms with Gasteiger partial charge >= 0.3 is 5.97 Å². The molecule has 1 heterocycles. The monoisotopic (exact) mass is 289 g/mol. The van der Waals surface area contributed by atoms with E-state index in [1.165, 1.54) is 6.92 Å². The summed E-state index contributed by atoms with van der Waals surface area (Å²) in [5.74, 6) is -3.00. The highest BCUT2D eigenvalue weighted by molar-refractivity contribution is 7.91. The first-order valence-electron chi connectivity index (χ1n) is 5.55. The van der Waals surface area contributed by atoms with Crippen molar-refractivity contribution in [3.63, 3.8) is 0 Å². The molecule has 0 aliphatic rings. The van der Waals surface area contributed by atoms with Crippen LogP contribution in [-0.2, 0) is 20.4 Å². The molecular formula is C11H15NO6S. The summed E-state index contributed by atoms with van der Waals surface area (Å²) in [4.78, 5) is 21.9. The molecule has 0 unspecified atom stereocenters. The van der Waals surface area contributed by atoms with Crippen LogP contribution in [0.15, 0.2) is 10.5 Å². The van der Waals surface area contributed by atoms with Gasteiger partial charge in [-0.3, -0.25) is 4.79 Å². The number of aromatic carboxylic acids is 1. The Kier molecular flexibility index (Phi) is 4.71. The minimum absolute atomic E-state index is 0.219. The number of furan rings is 1. The fourth-order valence-electron chi connectivity index (χ4n) is 1.50. The molecular weight excluding hydrogens is 274 g/mol. The topological polar surface area (TPSA) is 114 Å². The van der Waals surface area contributed by atoms with E-state index in [2.05, 4.69) is 5.32 Å². The van der Waals surface area contributed by atoms with Crippen LogP contribution in [0, 0.1) is 6.92 Å². The quantitative estimate of drug-likeness (QED) is 0.780. The summed E-state index contributed by atoms with van der Waals surface area (Å²) in [6, 6.07) is 1.16. The molecule has 106 valence electrons. The molecule has 0 bridgehead atoms. The molecule has 0 saturated carbocycles. The fourth-order valence-corrected chi connectivity index (χ4v) is 2.87. The van der Waals surface area contributed by atoms with E-state index in [-0.39, 0.29) is 17.1 Å². The first-order valence-corrected chi connectivity index (χ1v) is 7.37. The van der Waals surface area contributed by atoms with Crippen LogP contribution in [0.3, 0.4) is 0 Å². The molecule has 0 radical (unpaired) electrons. The van der Waals surface area contributed by atoms with Gasteiger partial charge in [-0.15, -0.1) is 0 Å². The standard InChI is InChI=1S/C11H15NO6S/c1-3-12-10(13)6-19(16,17)5-8-4-9(11(14)15)18-7(8)2/h4H,3,5-6H2,1-2H3,(H,12,13)(H,14,15). The SMILES string of the molecule is CCNC(=O)CS(=O)(=O)Cc1cc(C(=O)O)oc1C. The number of carboxylic acids is 1. The molecule has 1 rings (SSSR count). The Morgan fingerprint density at radius 3 is 2.53 bits per heavy atom. The Balaban J connectivity index is 2.84. The molecule has 0 spiro atoms. The van der Waals surface area contributed by atoms with Gasteiger partial charge in [0.15, 0.2) is 9.84 Å². The highest BCUT2D eigenvalue weighted by atomic mass is 32.2. The van der Waals surface area contributed by atoms with Gasteiger partial charge in [0.25, 0.3) is 0 Å². The number of hydrogen-bond acceptors (Lipinski definition) is 5. The average Bonchev–Trinajstić information content (AvgIpc) is 2.59. The summed E-state index contributed by atoms with van der Waals surface area (Å²) in [6.07, 6.45) is 0. The van der Waals surface area contributed by atoms with E-state index in [9.17, 15) is 18.0 Å². The molecule has 0 aliphatic carbocycles. The molecule has 0 saturated heterocycles. The number of aryl methyl sites for hydroxylation is 1. The van der Waals surface area contributed by atoms with E-state index >= 15 is 0 Å². The molecule has 0 fully saturated rings. The number of nitrogens with one attached hydrogen (secondary N) is 1. The van der Waals surface area contributed by atoms with Crippen molar-refractivity contribution in [3.8, 4) is 0 Å². The van der Waals surface area contributed by atoms with Gasteiger partial charge in [-0.05, 0) is 19.9 Å². The molecule has 0 atom stereocenters. The van der Waals surface area contributed by atoms with Crippen molar-refractivity contribution in [1.29, 1.82) is 0 Å². The predicted molar refractivity (Wildman–Crippen MR) is 66.6 cm³/mol. The summed E-state index contributed by atoms with van der Waals surface area (Å²) in [7, 11) is -3.66. The fraction of sp³-hybridized carbons (Fsp3) is 0.455. The molecule has 19 heavy (non-hydrogen) atoms. The van der Waals surface area contributed by atoms with Gasteiger partial charge in [-0.1, -0.05) is 0 Å². The van der Waals surface area contributed by atoms with Crippen molar-refractivity contribution in [2.24, 2.45) is 0 Å². The van der Waals surface area contributed by atoms with E-state index in [1.54, 1.807) is 6.92 Å². The summed E-state index contributed by atoms with van der Waals surface area (Å²) >= 11 is 0. The first kappa shape index (κ1) is 15.2. The maximum Gasteiger partial charge on any atom is 0.371 e. The molecule has 0 aliphatic heterocycles. The van der Waals surface area contributed by atoms with Gasteiger partial charge < -0.3 is 14.8 Å². The van der Waals surface area contributed by atoms with Crippen molar-refractivity contribution in [1.82, 2.24) is 5.32 Å². The predicted octanol–water partition coefficient (Wildman–Crippen LogP) is 0.337. The van der Waals surface area contributed by atoms with Crippen LogP contribution < -0.4 is 5.32 Å². The van der Waals surface area contributed by atoms with E-state index < -0.39 is 33.2 Å². The second kappa shape index (κ2) is 5.87. The van der Waals surface area contributed by atoms with Crippen LogP contribution in [0.25, 0.3) is 0 Å². The van der Waals surface area contributed by atoms with Gasteiger partial charge in [0.05, 0.1) is 5.75 Å². The lowest BCUT2D eigenvalue weighted by Gasteiger charge is -2.03. The maximum atomic E-state index is 11.8. The van der Waals surface area contributed by atoms with Gasteiger partial charge in [0.2, 0.25) is 11.7 Å². The van der Waals surface area contributed by atoms with Gasteiger partial charge in [-0.2, -0.15) is 0 Å². The summed E-state index contributed by atoms with van der Waals surface area (Å²) < 4.78 is 28.4. The number of carboxylic acid groups (broad SMARTS) is 1. The van der Waals surface area contributed by atoms with Crippen LogP contribution in [0.4, 0.5) is 0 Å². The van der Waals surface area contributed by atoms with Crippen LogP contribution >= 0.6 is 0 Å². The molecule has 8 heteroatoms. The highest BCUT2D eigenvalue weighted by Gasteiger charge is 2.21. The Labute approximate surface area is 110 Å². The normalized spacial score (nSPS) is 11.3. The third kappa shape index (κ3) is 4.40. The Morgan fingerprint density at radius 2 is 2.05 bits per heavy atom. The second-order valence-electron chi connectivity index (χ2n) is 3.98. The van der Waals surface area contributed by atoms with Crippen LogP contribution in [0.5, 0.6) is 0 Å². The minimum atomic E-state index is -3.66. The lowest BCUT2D eigenvalue weighted by Crippen LogP contribution is -2.30. The lowest BCUT2D eigenvalue weighted by atomic mass is 10.3. The van der Waals surface area contributed by atoms with E-state index in [0.29, 0.717) is 6.54 Å². The van der Waals surface area contributed by atoms with E-state index in [4.69, 9.17) is 9.52 Å². The molecule has 1 aromatic rings. The number of carbonyl (C=O) groups is 2. The first-order chi connectivity index (χ1) is 8.75. The van der Waals surface area contributed by atoms with Crippen molar-refractivity contribution in [3.05, 3.63) is 23.2 Å². The number of hydrogen-bond donors (Lipinski definition) is 2. The van der Waals surface area contributed by atoms with Crippen molar-refractivity contribution >= 4 is 21.7 Å². The van der Waals surface area contributed by atoms with E-state index in [1.807, 2.05) is 0 Å². The van der Waals surface area contributed by atoms with Gasteiger partial charge in [-0.25, -0.2) is 13.2 Å². The van der Waals surface area contributed by atoms with Crippen molar-refractivity contribution in [2.75, 3.05) is 12.3 Å². The Bertz CT molecular complexity index is 586. The number of amides is 1. The Morgan fingerprint density at radius 1 is 1.42 bits per heavy atom. The average molecular weight is 289 g/mol. The molecule has 1 aromatic heterocycles. The van der Waals surface area contributed by atoms with Crippen LogP contribution in [0.2, 0.25) is 0 Å². The lowest BCUT2D eigenvalue weighted by molar-refractivity contribution is -0.118. The molecule has 0 aromatic carbocycles. The summed E-state index contributed by atoms with van der Waals surface area (Å²) in [5, 5.41) is 11.1. The minimum Gasteiger partial charge on any atom is -0.475 e. The highest BCUT2D eigenvalue weighted by Crippen LogP contribution is 2.17. The summed E-state index contributed by atoms with van der Waals surface area (Å²) in [6.45, 7) is 3.51. The maximum absolute atomic E-state index is 11.8. The molecule has 7 nitrogen and oxygen atoms in total. The number of carbonyl (C=O) groups excluding carboxylic acids is 1. The van der Waals surface area contributed by atoms with Crippen LogP contribution in [0.1, 0.15) is 28.8 Å². The summed E-state index contributed by atoms with van der Waals surface area (Å²) in [5.41, 5.74) is 0.252. The third-order valence-electron chi connectivity index (χ3n) is 2.33. The second-order valence-corrected chi connectivity index (χ2v) is 6.05. The van der Waals surface area contributed by atoms with E-state index in [0.717, 1.165) is 6.07 Å². The zero-order valence-electron chi connectivity index (χ0n) is 10.6. The van der Waals surface area contributed by atoms with Gasteiger partial charge in [0.1, 0.15) is 11.5 Å². The molecule has 1 amide bonds. The third-order valence-corrected chi connectivity index (χ3v) is 3.78. The molecule has 2 N–H and O–H groups in total. The zero-order chi connectivity index (χ0) is 14.6. The largest absolute Gasteiger partial charge is 0.475 e. The Hall–Kier alpha value is -1.83. The van der Waals surface area contributed by atoms with Crippen molar-refractivity contribution in [2.45, 2.75) is 19.6 Å². The van der Waals surface area contributed by atoms with Crippen LogP contribution in [-0.4, -0.2) is 37.7 Å². The van der Waals surface area contributed by atoms with Crippen molar-refractivity contribution < 1.29 is 27.5 Å².